The Morgan fingerprint density at radius 3 is 1.83 bits per heavy atom. The summed E-state index contributed by atoms with van der Waals surface area (Å²) in [5.41, 5.74) is 6.11. The van der Waals surface area contributed by atoms with Crippen LogP contribution >= 0.6 is 0 Å². The van der Waals surface area contributed by atoms with Gasteiger partial charge >= 0.3 is 0 Å². The lowest BCUT2D eigenvalue weighted by Crippen LogP contribution is -2.51. The van der Waals surface area contributed by atoms with Gasteiger partial charge < -0.3 is 5.73 Å². The third-order valence-corrected chi connectivity index (χ3v) is 2.54. The Morgan fingerprint density at radius 1 is 1.17 bits per heavy atom. The molecule has 0 bridgehead atoms. The van der Waals surface area contributed by atoms with Crippen LogP contribution in [-0.4, -0.2) is 29.6 Å². The number of rotatable bonds is 4. The third kappa shape index (κ3) is 4.07. The second-order valence-corrected chi connectivity index (χ2v) is 5.01. The van der Waals surface area contributed by atoms with Gasteiger partial charge in [0.05, 0.1) is 0 Å². The van der Waals surface area contributed by atoms with Crippen LogP contribution < -0.4 is 5.73 Å². The van der Waals surface area contributed by atoms with E-state index < -0.39 is 0 Å². The minimum atomic E-state index is -0.0960. The number of hydrogen-bond acceptors (Lipinski definition) is 2. The predicted molar refractivity (Wildman–Crippen MR) is 55.3 cm³/mol. The molecule has 2 N–H and O–H groups in total. The quantitative estimate of drug-likeness (QED) is 0.701. The average Bonchev–Trinajstić information content (AvgIpc) is 1.84. The third-order valence-electron chi connectivity index (χ3n) is 2.54. The molecule has 0 aromatic heterocycles. The summed E-state index contributed by atoms with van der Waals surface area (Å²) in [4.78, 5) is 2.33. The summed E-state index contributed by atoms with van der Waals surface area (Å²) in [5.74, 6) is 0. The van der Waals surface area contributed by atoms with E-state index in [0.717, 1.165) is 13.0 Å². The van der Waals surface area contributed by atoms with Crippen LogP contribution in [0.5, 0.6) is 0 Å². The van der Waals surface area contributed by atoms with E-state index in [9.17, 15) is 0 Å². The average molecular weight is 172 g/mol. The molecule has 74 valence electrons. The van der Waals surface area contributed by atoms with E-state index in [4.69, 9.17) is 5.73 Å². The molecule has 2 heteroatoms. The van der Waals surface area contributed by atoms with Crippen molar-refractivity contribution in [3.8, 4) is 0 Å². The Morgan fingerprint density at radius 2 is 1.58 bits per heavy atom. The molecule has 12 heavy (non-hydrogen) atoms. The topological polar surface area (TPSA) is 29.3 Å². The normalized spacial score (nSPS) is 14.0. The van der Waals surface area contributed by atoms with E-state index in [1.165, 1.54) is 0 Å². The van der Waals surface area contributed by atoms with Gasteiger partial charge in [0, 0.05) is 17.6 Å². The first-order valence-corrected chi connectivity index (χ1v) is 4.69. The highest BCUT2D eigenvalue weighted by atomic mass is 15.2. The van der Waals surface area contributed by atoms with E-state index in [1.807, 2.05) is 0 Å². The molecule has 0 atom stereocenters. The highest BCUT2D eigenvalue weighted by molar-refractivity contribution is 4.84. The Kier molecular flexibility index (Phi) is 3.73. The van der Waals surface area contributed by atoms with Crippen LogP contribution in [0, 0.1) is 0 Å². The molecule has 0 heterocycles. The predicted octanol–water partition coefficient (Wildman–Crippen LogP) is 1.84. The summed E-state index contributed by atoms with van der Waals surface area (Å²) in [7, 11) is 2.14. The zero-order valence-electron chi connectivity index (χ0n) is 9.44. The summed E-state index contributed by atoms with van der Waals surface area (Å²) < 4.78 is 0. The van der Waals surface area contributed by atoms with E-state index in [2.05, 4.69) is 46.6 Å². The van der Waals surface area contributed by atoms with Crippen molar-refractivity contribution in [3.05, 3.63) is 0 Å². The van der Waals surface area contributed by atoms with Gasteiger partial charge in [0.15, 0.2) is 0 Å². The molecule has 0 spiro atoms. The van der Waals surface area contributed by atoms with Crippen molar-refractivity contribution in [1.82, 2.24) is 4.90 Å². The van der Waals surface area contributed by atoms with Crippen molar-refractivity contribution in [1.29, 1.82) is 0 Å². The van der Waals surface area contributed by atoms with Gasteiger partial charge in [-0.05, 0) is 41.2 Å². The van der Waals surface area contributed by atoms with Gasteiger partial charge in [-0.25, -0.2) is 0 Å². The second-order valence-electron chi connectivity index (χ2n) is 5.01. The van der Waals surface area contributed by atoms with Crippen molar-refractivity contribution in [3.63, 3.8) is 0 Å². The van der Waals surface area contributed by atoms with Crippen LogP contribution in [0.4, 0.5) is 0 Å². The molecule has 0 aliphatic rings. The molecule has 0 saturated carbocycles. The fourth-order valence-corrected chi connectivity index (χ4v) is 1.10. The molecule has 0 amide bonds. The molecule has 2 nitrogen and oxygen atoms in total. The molecular formula is C10H24N2. The molecule has 0 radical (unpaired) electrons. The largest absolute Gasteiger partial charge is 0.324 e. The van der Waals surface area contributed by atoms with Gasteiger partial charge in [0.2, 0.25) is 0 Å². The Labute approximate surface area is 77.1 Å². The van der Waals surface area contributed by atoms with E-state index in [0.29, 0.717) is 0 Å². The lowest BCUT2D eigenvalue weighted by molar-refractivity contribution is 0.125. The van der Waals surface area contributed by atoms with Crippen LogP contribution in [0.15, 0.2) is 0 Å². The lowest BCUT2D eigenvalue weighted by Gasteiger charge is -2.38. The molecule has 0 unspecified atom stereocenters. The summed E-state index contributed by atoms with van der Waals surface area (Å²) in [6, 6.07) is 0. The molecular weight excluding hydrogens is 148 g/mol. The van der Waals surface area contributed by atoms with Crippen molar-refractivity contribution >= 4 is 0 Å². The number of nitrogens with zero attached hydrogens (tertiary/aromatic N) is 1. The van der Waals surface area contributed by atoms with Gasteiger partial charge in [0.25, 0.3) is 0 Å². The van der Waals surface area contributed by atoms with E-state index >= 15 is 0 Å². The molecule has 0 aliphatic carbocycles. The maximum atomic E-state index is 5.95. The molecule has 0 rings (SSSR count). The fourth-order valence-electron chi connectivity index (χ4n) is 1.10. The van der Waals surface area contributed by atoms with Crippen molar-refractivity contribution in [2.75, 3.05) is 13.6 Å². The number of likely N-dealkylation sites (N-methyl/N-ethyl adjacent to an activating group) is 1. The first kappa shape index (κ1) is 11.9. The van der Waals surface area contributed by atoms with Crippen LogP contribution in [0.25, 0.3) is 0 Å². The van der Waals surface area contributed by atoms with Gasteiger partial charge in [-0.1, -0.05) is 6.92 Å². The summed E-state index contributed by atoms with van der Waals surface area (Å²) in [5, 5.41) is 0. The molecule has 0 aromatic carbocycles. The second kappa shape index (κ2) is 3.75. The van der Waals surface area contributed by atoms with Gasteiger partial charge in [-0.3, -0.25) is 4.90 Å². The van der Waals surface area contributed by atoms with Crippen LogP contribution in [-0.2, 0) is 0 Å². The van der Waals surface area contributed by atoms with Gasteiger partial charge in [-0.2, -0.15) is 0 Å². The highest BCUT2D eigenvalue weighted by Gasteiger charge is 2.25. The Balaban J connectivity index is 4.13. The molecule has 0 aromatic rings. The summed E-state index contributed by atoms with van der Waals surface area (Å²) in [6.45, 7) is 11.8. The van der Waals surface area contributed by atoms with Crippen molar-refractivity contribution < 1.29 is 0 Å². The zero-order valence-corrected chi connectivity index (χ0v) is 9.44. The van der Waals surface area contributed by atoms with Gasteiger partial charge in [0.1, 0.15) is 0 Å². The van der Waals surface area contributed by atoms with Crippen LogP contribution in [0.1, 0.15) is 41.0 Å². The van der Waals surface area contributed by atoms with Crippen LogP contribution in [0.2, 0.25) is 0 Å². The molecule has 0 fully saturated rings. The van der Waals surface area contributed by atoms with Gasteiger partial charge in [-0.15, -0.1) is 0 Å². The molecule has 0 saturated heterocycles. The van der Waals surface area contributed by atoms with E-state index in [-0.39, 0.29) is 11.1 Å². The highest BCUT2D eigenvalue weighted by Crippen LogP contribution is 2.17. The lowest BCUT2D eigenvalue weighted by atomic mass is 9.97. The molecule has 0 aliphatic heterocycles. The standard InChI is InChI=1S/C10H24N2/c1-7-10(4,5)12(6)8-9(2,3)11/h7-8,11H2,1-6H3. The monoisotopic (exact) mass is 172 g/mol. The number of nitrogens with two attached hydrogens (primary N) is 1. The maximum Gasteiger partial charge on any atom is 0.0226 e. The minimum absolute atomic E-state index is 0.0960. The minimum Gasteiger partial charge on any atom is -0.324 e. The number of hydrogen-bond donors (Lipinski definition) is 1. The zero-order chi connectivity index (χ0) is 9.99. The summed E-state index contributed by atoms with van der Waals surface area (Å²) >= 11 is 0. The smallest absolute Gasteiger partial charge is 0.0226 e. The maximum absolute atomic E-state index is 5.95. The first-order chi connectivity index (χ1) is 5.19. The first-order valence-electron chi connectivity index (χ1n) is 4.69. The van der Waals surface area contributed by atoms with Crippen molar-refractivity contribution in [2.45, 2.75) is 52.1 Å². The SMILES string of the molecule is CCC(C)(C)N(C)CC(C)(C)N. The van der Waals surface area contributed by atoms with E-state index in [1.54, 1.807) is 0 Å². The van der Waals surface area contributed by atoms with Crippen molar-refractivity contribution in [2.24, 2.45) is 5.73 Å². The fraction of sp³-hybridized carbons (Fsp3) is 1.00. The Hall–Kier alpha value is -0.0800. The Bertz CT molecular complexity index is 133. The van der Waals surface area contributed by atoms with Crippen LogP contribution in [0.3, 0.4) is 0 Å². The summed E-state index contributed by atoms with van der Waals surface area (Å²) in [6.07, 6.45) is 1.15.